The predicted molar refractivity (Wildman–Crippen MR) is 233 cm³/mol. The molecule has 0 bridgehead atoms. The number of pyridine rings is 1. The van der Waals surface area contributed by atoms with E-state index in [-0.39, 0.29) is 48.9 Å². The van der Waals surface area contributed by atoms with Crippen LogP contribution in [0.3, 0.4) is 0 Å². The average Bonchev–Trinajstić information content (AvgIpc) is 3.67. The molecule has 0 aliphatic carbocycles. The Labute approximate surface area is 342 Å². The van der Waals surface area contributed by atoms with E-state index in [1.807, 2.05) is 45.2 Å². The van der Waals surface area contributed by atoms with Crippen molar-refractivity contribution in [3.05, 3.63) is 113 Å². The van der Waals surface area contributed by atoms with Crippen LogP contribution in [-0.2, 0) is 30.3 Å². The van der Waals surface area contributed by atoms with Crippen LogP contribution >= 0.6 is 11.3 Å². The van der Waals surface area contributed by atoms with E-state index in [0.29, 0.717) is 0 Å². The van der Waals surface area contributed by atoms with Gasteiger partial charge in [-0.1, -0.05) is 72.1 Å². The van der Waals surface area contributed by atoms with Gasteiger partial charge in [-0.3, -0.25) is 4.79 Å². The Balaban J connectivity index is 0.000000301. The van der Waals surface area contributed by atoms with Gasteiger partial charge in [0.25, 0.3) is 0 Å². The molecule has 3 nitrogen and oxygen atoms in total. The summed E-state index contributed by atoms with van der Waals surface area (Å²) in [6.07, 6.45) is 9.21. The van der Waals surface area contributed by atoms with E-state index in [1.165, 1.54) is 53.9 Å². The van der Waals surface area contributed by atoms with Crippen molar-refractivity contribution < 1.29 is 30.0 Å². The molecular formula is C48H54GeIrNO2S-. The molecule has 54 heavy (non-hydrogen) atoms. The minimum absolute atomic E-state index is 0. The molecule has 1 radical (unpaired) electrons. The topological polar surface area (TPSA) is 50.2 Å². The molecule has 1 aliphatic rings. The quantitative estimate of drug-likeness (QED) is 0.0680. The smallest absolute Gasteiger partial charge is 0.512 e. The first-order valence-corrected chi connectivity index (χ1v) is 26.6. The number of allylic oxidation sites excluding steroid dienone is 2. The van der Waals surface area contributed by atoms with Crippen molar-refractivity contribution in [2.75, 3.05) is 0 Å². The second kappa shape index (κ2) is 17.2. The Bertz CT molecular complexity index is 2350. The third-order valence-electron chi connectivity index (χ3n) is 11.1. The molecule has 283 valence electrons. The van der Waals surface area contributed by atoms with Crippen molar-refractivity contribution in [2.45, 2.75) is 91.1 Å². The molecule has 1 N–H and O–H groups in total. The number of hydrogen-bond acceptors (Lipinski definition) is 4. The third-order valence-corrected chi connectivity index (χ3v) is 18.2. The van der Waals surface area contributed by atoms with E-state index in [1.54, 1.807) is 4.40 Å². The van der Waals surface area contributed by atoms with Gasteiger partial charge in [0.15, 0.2) is 5.78 Å². The molecule has 2 aromatic heterocycles. The molecule has 0 amide bonds. The minimum atomic E-state index is -1.94. The summed E-state index contributed by atoms with van der Waals surface area (Å²) < 4.78 is 4.13. The van der Waals surface area contributed by atoms with Gasteiger partial charge in [0.1, 0.15) is 0 Å². The first-order chi connectivity index (χ1) is 25.3. The number of aliphatic hydroxyl groups excluding tert-OH is 1. The summed E-state index contributed by atoms with van der Waals surface area (Å²) in [6, 6.07) is 30.8. The van der Waals surface area contributed by atoms with Crippen LogP contribution in [-0.4, -0.2) is 29.1 Å². The van der Waals surface area contributed by atoms with Crippen LogP contribution in [0.1, 0.15) is 85.3 Å². The SMILES string of the molecule is CC(C)(C)c1cc(-c2nccc3c2sc2cc(-c4cc[c]5c(c4)C=[CH][Ge]5([CH3])[CH3])ccc23)[c-]c2ccccc12.CCC(CC)C(=O)/C=C(\O)C(CC)CC.[Ir]. The fourth-order valence-corrected chi connectivity index (χ4v) is 13.5. The molecule has 0 saturated carbocycles. The number of thiophene rings is 1. The summed E-state index contributed by atoms with van der Waals surface area (Å²) >= 11 is -0.0948. The van der Waals surface area contributed by atoms with Gasteiger partial charge in [-0.2, -0.15) is 0 Å². The monoisotopic (exact) mass is 975 g/mol. The summed E-state index contributed by atoms with van der Waals surface area (Å²) in [7, 11) is 0. The maximum atomic E-state index is 11.7. The van der Waals surface area contributed by atoms with Crippen molar-refractivity contribution in [3.8, 4) is 22.4 Å². The molecule has 0 fully saturated rings. The van der Waals surface area contributed by atoms with Crippen molar-refractivity contribution in [3.63, 3.8) is 0 Å². The molecule has 6 heteroatoms. The molecule has 4 aromatic carbocycles. The fourth-order valence-electron chi connectivity index (χ4n) is 7.69. The van der Waals surface area contributed by atoms with Crippen LogP contribution in [0.4, 0.5) is 0 Å². The molecule has 0 unspecified atom stereocenters. The third kappa shape index (κ3) is 8.55. The molecule has 3 heterocycles. The van der Waals surface area contributed by atoms with Crippen LogP contribution in [0.5, 0.6) is 0 Å². The number of fused-ring (bicyclic) bond motifs is 5. The number of aliphatic hydroxyl groups is 1. The van der Waals surface area contributed by atoms with Gasteiger partial charge < -0.3 is 5.11 Å². The summed E-state index contributed by atoms with van der Waals surface area (Å²) in [4.78, 5) is 19.1. The van der Waals surface area contributed by atoms with E-state index < -0.39 is 13.3 Å². The minimum Gasteiger partial charge on any atom is -0.512 e. The number of carbonyl (C=O) groups excluding carboxylic acids is 1. The zero-order valence-electron chi connectivity index (χ0n) is 33.3. The van der Waals surface area contributed by atoms with Crippen molar-refractivity contribution in [1.82, 2.24) is 4.98 Å². The number of nitrogens with zero attached hydrogens (tertiary/aromatic N) is 1. The summed E-state index contributed by atoms with van der Waals surface area (Å²) in [6.45, 7) is 14.9. The number of ketones is 1. The van der Waals surface area contributed by atoms with E-state index in [4.69, 9.17) is 4.98 Å². The van der Waals surface area contributed by atoms with Crippen LogP contribution in [0, 0.1) is 17.9 Å². The Morgan fingerprint density at radius 1 is 0.852 bits per heavy atom. The van der Waals surface area contributed by atoms with E-state index in [9.17, 15) is 9.90 Å². The van der Waals surface area contributed by atoms with Crippen LogP contribution in [0.25, 0.3) is 59.4 Å². The van der Waals surface area contributed by atoms with Gasteiger partial charge in [-0.05, 0) is 31.1 Å². The van der Waals surface area contributed by atoms with Crippen LogP contribution < -0.4 is 4.40 Å². The van der Waals surface area contributed by atoms with Gasteiger partial charge in [0.05, 0.1) is 5.76 Å². The second-order valence-corrected chi connectivity index (χ2v) is 26.2. The van der Waals surface area contributed by atoms with E-state index in [0.717, 1.165) is 42.3 Å². The number of rotatable bonds is 9. The zero-order valence-corrected chi connectivity index (χ0v) is 38.6. The Morgan fingerprint density at radius 2 is 1.52 bits per heavy atom. The summed E-state index contributed by atoms with van der Waals surface area (Å²) in [5.41, 5.74) is 7.44. The van der Waals surface area contributed by atoms with Crippen molar-refractivity contribution in [1.29, 1.82) is 0 Å². The van der Waals surface area contributed by atoms with Crippen molar-refractivity contribution in [2.24, 2.45) is 11.8 Å². The molecule has 0 saturated heterocycles. The first kappa shape index (κ1) is 41.8. The van der Waals surface area contributed by atoms with E-state index >= 15 is 0 Å². The summed E-state index contributed by atoms with van der Waals surface area (Å²) in [5, 5.41) is 14.7. The molecule has 1 aliphatic heterocycles. The van der Waals surface area contributed by atoms with Gasteiger partial charge in [-0.15, -0.1) is 17.0 Å². The van der Waals surface area contributed by atoms with Crippen molar-refractivity contribution >= 4 is 71.8 Å². The number of carbonyl (C=O) groups is 1. The molecular weight excluding hydrogens is 919 g/mol. The fraction of sp³-hybridized carbons (Fsp3) is 0.333. The van der Waals surface area contributed by atoms with E-state index in [2.05, 4.69) is 122 Å². The molecule has 0 atom stereocenters. The number of benzene rings is 4. The van der Waals surface area contributed by atoms with Gasteiger partial charge in [0, 0.05) is 38.0 Å². The number of aromatic nitrogens is 1. The van der Waals surface area contributed by atoms with Crippen LogP contribution in [0.15, 0.2) is 95.7 Å². The maximum absolute atomic E-state index is 11.7. The Kier molecular flexibility index (Phi) is 13.3. The zero-order chi connectivity index (χ0) is 38.1. The predicted octanol–water partition coefficient (Wildman–Crippen LogP) is 13.4. The molecule has 7 rings (SSSR count). The molecule has 6 aromatic rings. The van der Waals surface area contributed by atoms with Gasteiger partial charge in [-0.25, -0.2) is 0 Å². The number of hydrogen-bond donors (Lipinski definition) is 1. The standard InChI is InChI=1S/C35H30GeNS.C13H24O2.Ir/c1-35(2,3)30-20-26(19-24-8-6-7-9-27(24)30)33-34-29(15-17-37-33)28-12-10-23(21-32(28)38-34)22-11-13-31-25(18-22)14-16-36(31,4)5;1-5-10(6-2)12(14)9-13(15)11(7-3)8-4;/h6-18,20-21H,1-5H3;9-11,14H,5-8H2,1-4H3;/q-1;;/b;12-9-;. The Morgan fingerprint density at radius 3 is 2.20 bits per heavy atom. The first-order valence-electron chi connectivity index (χ1n) is 19.3. The molecule has 0 spiro atoms. The second-order valence-electron chi connectivity index (χ2n) is 16.1. The normalized spacial score (nSPS) is 13.7. The van der Waals surface area contributed by atoms with Gasteiger partial charge in [0.2, 0.25) is 0 Å². The Hall–Kier alpha value is -3.35. The van der Waals surface area contributed by atoms with Gasteiger partial charge >= 0.3 is 165 Å². The van der Waals surface area contributed by atoms with Crippen LogP contribution in [0.2, 0.25) is 11.5 Å². The average molecular weight is 974 g/mol. The summed E-state index contributed by atoms with van der Waals surface area (Å²) in [5.74, 6) is 5.48.